The van der Waals surface area contributed by atoms with Gasteiger partial charge < -0.3 is 10.1 Å². The Labute approximate surface area is 100 Å². The first-order chi connectivity index (χ1) is 7.59. The molecular formula is C14H27NO. The maximum absolute atomic E-state index is 5.77. The SMILES string of the molecule is CCOC1CC(NC(CC)C2CC2)C1(C)C. The summed E-state index contributed by atoms with van der Waals surface area (Å²) in [6.07, 6.45) is 5.81. The lowest BCUT2D eigenvalue weighted by Gasteiger charge is -2.53. The van der Waals surface area contributed by atoms with E-state index in [0.29, 0.717) is 17.6 Å². The highest BCUT2D eigenvalue weighted by Gasteiger charge is 2.50. The largest absolute Gasteiger partial charge is 0.378 e. The molecule has 2 rings (SSSR count). The highest BCUT2D eigenvalue weighted by atomic mass is 16.5. The Bertz CT molecular complexity index is 235. The third kappa shape index (κ3) is 2.28. The summed E-state index contributed by atoms with van der Waals surface area (Å²) in [7, 11) is 0. The molecule has 2 heteroatoms. The van der Waals surface area contributed by atoms with Gasteiger partial charge in [-0.05, 0) is 38.5 Å². The smallest absolute Gasteiger partial charge is 0.0655 e. The molecule has 0 heterocycles. The van der Waals surface area contributed by atoms with Crippen molar-refractivity contribution in [3.05, 3.63) is 0 Å². The minimum Gasteiger partial charge on any atom is -0.378 e. The zero-order chi connectivity index (χ0) is 11.8. The molecule has 2 aliphatic rings. The second kappa shape index (κ2) is 4.66. The van der Waals surface area contributed by atoms with Crippen molar-refractivity contribution < 1.29 is 4.74 Å². The van der Waals surface area contributed by atoms with Crippen LogP contribution in [0.3, 0.4) is 0 Å². The second-order valence-corrected chi connectivity index (χ2v) is 6.07. The Kier molecular flexibility index (Phi) is 3.60. The second-order valence-electron chi connectivity index (χ2n) is 6.07. The molecular weight excluding hydrogens is 198 g/mol. The summed E-state index contributed by atoms with van der Waals surface area (Å²) in [4.78, 5) is 0. The fourth-order valence-electron chi connectivity index (χ4n) is 3.00. The molecule has 0 spiro atoms. The molecule has 0 aromatic carbocycles. The van der Waals surface area contributed by atoms with Gasteiger partial charge in [-0.25, -0.2) is 0 Å². The van der Waals surface area contributed by atoms with Crippen molar-refractivity contribution in [3.63, 3.8) is 0 Å². The molecule has 1 N–H and O–H groups in total. The van der Waals surface area contributed by atoms with E-state index in [-0.39, 0.29) is 0 Å². The van der Waals surface area contributed by atoms with Crippen molar-refractivity contribution in [2.45, 2.75) is 71.6 Å². The van der Waals surface area contributed by atoms with E-state index in [1.54, 1.807) is 0 Å². The normalized spacial score (nSPS) is 34.5. The maximum Gasteiger partial charge on any atom is 0.0655 e. The highest BCUT2D eigenvalue weighted by molar-refractivity contribution is 5.04. The maximum atomic E-state index is 5.77. The predicted molar refractivity (Wildman–Crippen MR) is 67.5 cm³/mol. The summed E-state index contributed by atoms with van der Waals surface area (Å²) in [5.41, 5.74) is 0.318. The number of nitrogens with one attached hydrogen (secondary N) is 1. The average Bonchev–Trinajstić information content (AvgIpc) is 3.06. The summed E-state index contributed by atoms with van der Waals surface area (Å²) in [6, 6.07) is 1.42. The number of ether oxygens (including phenoxy) is 1. The van der Waals surface area contributed by atoms with E-state index in [1.807, 2.05) is 0 Å². The summed E-state index contributed by atoms with van der Waals surface area (Å²) >= 11 is 0. The van der Waals surface area contributed by atoms with Gasteiger partial charge in [0.1, 0.15) is 0 Å². The van der Waals surface area contributed by atoms with E-state index in [1.165, 1.54) is 25.7 Å². The van der Waals surface area contributed by atoms with Gasteiger partial charge in [-0.1, -0.05) is 20.8 Å². The molecule has 2 fully saturated rings. The van der Waals surface area contributed by atoms with Gasteiger partial charge in [0.15, 0.2) is 0 Å². The average molecular weight is 225 g/mol. The highest BCUT2D eigenvalue weighted by Crippen LogP contribution is 2.44. The van der Waals surface area contributed by atoms with Gasteiger partial charge in [0.05, 0.1) is 6.10 Å². The monoisotopic (exact) mass is 225 g/mol. The van der Waals surface area contributed by atoms with Crippen molar-refractivity contribution in [2.75, 3.05) is 6.61 Å². The van der Waals surface area contributed by atoms with Crippen LogP contribution in [-0.2, 0) is 4.74 Å². The Morgan fingerprint density at radius 3 is 2.44 bits per heavy atom. The number of hydrogen-bond acceptors (Lipinski definition) is 2. The molecule has 0 aliphatic heterocycles. The number of rotatable bonds is 6. The van der Waals surface area contributed by atoms with Gasteiger partial charge in [0.25, 0.3) is 0 Å². The predicted octanol–water partition coefficient (Wildman–Crippen LogP) is 2.97. The van der Waals surface area contributed by atoms with Crippen molar-refractivity contribution in [1.29, 1.82) is 0 Å². The molecule has 0 saturated heterocycles. The fraction of sp³-hybridized carbons (Fsp3) is 1.00. The summed E-state index contributed by atoms with van der Waals surface area (Å²) in [5.74, 6) is 0.965. The van der Waals surface area contributed by atoms with Crippen LogP contribution in [0.25, 0.3) is 0 Å². The van der Waals surface area contributed by atoms with Crippen molar-refractivity contribution >= 4 is 0 Å². The van der Waals surface area contributed by atoms with Crippen LogP contribution < -0.4 is 5.32 Å². The quantitative estimate of drug-likeness (QED) is 0.750. The van der Waals surface area contributed by atoms with E-state index >= 15 is 0 Å². The third-order valence-corrected chi connectivity index (χ3v) is 4.59. The van der Waals surface area contributed by atoms with Crippen LogP contribution in [-0.4, -0.2) is 24.8 Å². The van der Waals surface area contributed by atoms with Crippen LogP contribution in [0.4, 0.5) is 0 Å². The van der Waals surface area contributed by atoms with Crippen LogP contribution in [0.1, 0.15) is 53.4 Å². The van der Waals surface area contributed by atoms with E-state index in [9.17, 15) is 0 Å². The Morgan fingerprint density at radius 2 is 2.00 bits per heavy atom. The van der Waals surface area contributed by atoms with E-state index in [2.05, 4.69) is 33.0 Å². The lowest BCUT2D eigenvalue weighted by Crippen LogP contribution is -2.63. The van der Waals surface area contributed by atoms with Crippen molar-refractivity contribution in [1.82, 2.24) is 5.32 Å². The van der Waals surface area contributed by atoms with Gasteiger partial charge in [-0.15, -0.1) is 0 Å². The molecule has 0 radical (unpaired) electrons. The molecule has 0 bridgehead atoms. The van der Waals surface area contributed by atoms with E-state index in [0.717, 1.165) is 18.6 Å². The molecule has 3 unspecified atom stereocenters. The third-order valence-electron chi connectivity index (χ3n) is 4.59. The molecule has 2 saturated carbocycles. The van der Waals surface area contributed by atoms with Gasteiger partial charge >= 0.3 is 0 Å². The van der Waals surface area contributed by atoms with Gasteiger partial charge in [-0.3, -0.25) is 0 Å². The standard InChI is InChI=1S/C14H27NO/c1-5-11(10-7-8-10)15-12-9-13(16-6-2)14(12,3)4/h10-13,15H,5-9H2,1-4H3. The Morgan fingerprint density at radius 1 is 1.31 bits per heavy atom. The molecule has 3 atom stereocenters. The molecule has 94 valence electrons. The van der Waals surface area contributed by atoms with Gasteiger partial charge in [0.2, 0.25) is 0 Å². The molecule has 0 amide bonds. The zero-order valence-corrected chi connectivity index (χ0v) is 11.3. The lowest BCUT2D eigenvalue weighted by molar-refractivity contribution is -0.117. The van der Waals surface area contributed by atoms with Crippen LogP contribution in [0, 0.1) is 11.3 Å². The Hall–Kier alpha value is -0.0800. The van der Waals surface area contributed by atoms with Crippen molar-refractivity contribution in [3.8, 4) is 0 Å². The molecule has 0 aromatic heterocycles. The lowest BCUT2D eigenvalue weighted by atomic mass is 9.64. The first kappa shape index (κ1) is 12.4. The Balaban J connectivity index is 1.83. The summed E-state index contributed by atoms with van der Waals surface area (Å²) in [6.45, 7) is 9.93. The topological polar surface area (TPSA) is 21.3 Å². The van der Waals surface area contributed by atoms with Gasteiger partial charge in [-0.2, -0.15) is 0 Å². The molecule has 2 aliphatic carbocycles. The van der Waals surface area contributed by atoms with Crippen LogP contribution in [0.15, 0.2) is 0 Å². The molecule has 2 nitrogen and oxygen atoms in total. The fourth-order valence-corrected chi connectivity index (χ4v) is 3.00. The van der Waals surface area contributed by atoms with Crippen LogP contribution in [0.5, 0.6) is 0 Å². The molecule has 16 heavy (non-hydrogen) atoms. The first-order valence-electron chi connectivity index (χ1n) is 6.97. The van der Waals surface area contributed by atoms with Gasteiger partial charge in [0, 0.05) is 24.1 Å². The van der Waals surface area contributed by atoms with E-state index in [4.69, 9.17) is 4.74 Å². The zero-order valence-electron chi connectivity index (χ0n) is 11.3. The summed E-state index contributed by atoms with van der Waals surface area (Å²) < 4.78 is 5.77. The minimum atomic E-state index is 0.318. The number of hydrogen-bond donors (Lipinski definition) is 1. The minimum absolute atomic E-state index is 0.318. The molecule has 0 aromatic rings. The van der Waals surface area contributed by atoms with Crippen molar-refractivity contribution in [2.24, 2.45) is 11.3 Å². The van der Waals surface area contributed by atoms with E-state index < -0.39 is 0 Å². The first-order valence-corrected chi connectivity index (χ1v) is 6.97. The summed E-state index contributed by atoms with van der Waals surface area (Å²) in [5, 5.41) is 3.86. The van der Waals surface area contributed by atoms with Crippen LogP contribution in [0.2, 0.25) is 0 Å². The van der Waals surface area contributed by atoms with Crippen LogP contribution >= 0.6 is 0 Å².